The van der Waals surface area contributed by atoms with Crippen LogP contribution in [0.15, 0.2) is 42.1 Å². The van der Waals surface area contributed by atoms with Gasteiger partial charge in [-0.15, -0.1) is 0 Å². The Morgan fingerprint density at radius 3 is 2.78 bits per heavy atom. The molecule has 1 aromatic carbocycles. The number of pyridine rings is 1. The Balaban J connectivity index is 1.96. The number of aromatic nitrogens is 1. The van der Waals surface area contributed by atoms with E-state index in [1.165, 1.54) is 11.6 Å². The molecule has 0 bridgehead atoms. The lowest BCUT2D eigenvalue weighted by Crippen LogP contribution is -2.27. The summed E-state index contributed by atoms with van der Waals surface area (Å²) in [5.74, 6) is 0.0493. The molecule has 1 aromatic heterocycles. The van der Waals surface area contributed by atoms with E-state index in [4.69, 9.17) is 4.74 Å². The van der Waals surface area contributed by atoms with Crippen molar-refractivity contribution in [1.82, 2.24) is 9.88 Å². The van der Waals surface area contributed by atoms with Crippen LogP contribution < -0.4 is 4.74 Å². The average Bonchev–Trinajstić information content (AvgIpc) is 2.74. The smallest absolute Gasteiger partial charge is 0.165 e. The molecule has 3 nitrogen and oxygen atoms in total. The van der Waals surface area contributed by atoms with Crippen LogP contribution in [0, 0.1) is 5.82 Å². The van der Waals surface area contributed by atoms with E-state index in [9.17, 15) is 4.39 Å². The zero-order valence-corrected chi connectivity index (χ0v) is 13.2. The van der Waals surface area contributed by atoms with Gasteiger partial charge in [0.05, 0.1) is 5.69 Å². The van der Waals surface area contributed by atoms with E-state index in [2.05, 4.69) is 16.9 Å². The van der Waals surface area contributed by atoms with Crippen molar-refractivity contribution in [2.45, 2.75) is 19.4 Å². The van der Waals surface area contributed by atoms with E-state index in [0.717, 1.165) is 48.3 Å². The Kier molecular flexibility index (Phi) is 3.62. The van der Waals surface area contributed by atoms with E-state index in [1.807, 2.05) is 18.2 Å². The normalized spacial score (nSPS) is 18.0. The molecule has 0 unspecified atom stereocenters. The maximum absolute atomic E-state index is 14.3. The first kappa shape index (κ1) is 14.4. The molecule has 1 saturated heterocycles. The number of ether oxygens (including phenoxy) is 1. The van der Waals surface area contributed by atoms with Crippen molar-refractivity contribution in [3.8, 4) is 5.75 Å². The van der Waals surface area contributed by atoms with Crippen molar-refractivity contribution in [2.75, 3.05) is 20.1 Å². The number of halogens is 1. The third-order valence-electron chi connectivity index (χ3n) is 4.68. The highest BCUT2D eigenvalue weighted by molar-refractivity contribution is 5.85. The molecule has 0 aliphatic carbocycles. The molecule has 2 aliphatic rings. The minimum absolute atomic E-state index is 0.304. The third kappa shape index (κ3) is 2.53. The molecular formula is C19H19FN2O. The number of benzene rings is 1. The lowest BCUT2D eigenvalue weighted by molar-refractivity contribution is 0.291. The van der Waals surface area contributed by atoms with E-state index < -0.39 is 0 Å². The first-order valence-electron chi connectivity index (χ1n) is 8.00. The van der Waals surface area contributed by atoms with Crippen LogP contribution >= 0.6 is 0 Å². The van der Waals surface area contributed by atoms with Gasteiger partial charge < -0.3 is 9.64 Å². The number of nitrogens with zero attached hydrogens (tertiary/aromatic N) is 2. The largest absolute Gasteiger partial charge is 0.485 e. The van der Waals surface area contributed by atoms with E-state index in [0.29, 0.717) is 12.4 Å². The van der Waals surface area contributed by atoms with Crippen molar-refractivity contribution in [3.05, 3.63) is 64.7 Å². The second kappa shape index (κ2) is 5.78. The number of piperidine rings is 1. The summed E-state index contributed by atoms with van der Waals surface area (Å²) in [4.78, 5) is 6.93. The lowest BCUT2D eigenvalue weighted by atomic mass is 9.89. The molecule has 2 aromatic rings. The molecule has 0 amide bonds. The van der Waals surface area contributed by atoms with Gasteiger partial charge in [0.2, 0.25) is 0 Å². The summed E-state index contributed by atoms with van der Waals surface area (Å²) in [7, 11) is 2.14. The first-order chi connectivity index (χ1) is 11.2. The predicted molar refractivity (Wildman–Crippen MR) is 87.7 cm³/mol. The molecule has 23 heavy (non-hydrogen) atoms. The molecule has 0 spiro atoms. The number of para-hydroxylation sites is 1. The monoisotopic (exact) mass is 310 g/mol. The summed E-state index contributed by atoms with van der Waals surface area (Å²) in [5, 5.41) is 0. The topological polar surface area (TPSA) is 25.4 Å². The fourth-order valence-corrected chi connectivity index (χ4v) is 3.41. The minimum atomic E-state index is -0.304. The number of fused-ring (bicyclic) bond motifs is 2. The van der Waals surface area contributed by atoms with Gasteiger partial charge in [0.15, 0.2) is 11.6 Å². The van der Waals surface area contributed by atoms with Crippen LogP contribution in [0.5, 0.6) is 5.75 Å². The summed E-state index contributed by atoms with van der Waals surface area (Å²) in [5.41, 5.74) is 5.21. The molecule has 4 rings (SSSR count). The van der Waals surface area contributed by atoms with Crippen LogP contribution in [0.2, 0.25) is 0 Å². The molecule has 1 fully saturated rings. The zero-order chi connectivity index (χ0) is 15.8. The third-order valence-corrected chi connectivity index (χ3v) is 4.68. The Morgan fingerprint density at radius 2 is 1.96 bits per heavy atom. The molecule has 4 heteroatoms. The Morgan fingerprint density at radius 1 is 1.13 bits per heavy atom. The maximum Gasteiger partial charge on any atom is 0.165 e. The van der Waals surface area contributed by atoms with E-state index in [1.54, 1.807) is 12.3 Å². The molecular weight excluding hydrogens is 291 g/mol. The number of hydrogen-bond donors (Lipinski definition) is 0. The lowest BCUT2D eigenvalue weighted by Gasteiger charge is -2.26. The molecule has 118 valence electrons. The fourth-order valence-electron chi connectivity index (χ4n) is 3.41. The van der Waals surface area contributed by atoms with Gasteiger partial charge in [0.1, 0.15) is 6.61 Å². The molecule has 3 heterocycles. The van der Waals surface area contributed by atoms with Gasteiger partial charge in [-0.25, -0.2) is 4.39 Å². The molecule has 0 radical (unpaired) electrons. The SMILES string of the molecule is CN1CCC(=C2c3cccc(F)c3OCc3cccnc32)CC1. The first-order valence-corrected chi connectivity index (χ1v) is 8.00. The summed E-state index contributed by atoms with van der Waals surface area (Å²) >= 11 is 0. The average molecular weight is 310 g/mol. The van der Waals surface area contributed by atoms with Gasteiger partial charge >= 0.3 is 0 Å². The Labute approximate surface area is 135 Å². The highest BCUT2D eigenvalue weighted by Gasteiger charge is 2.26. The molecule has 0 saturated carbocycles. The van der Waals surface area contributed by atoms with Crippen LogP contribution in [0.25, 0.3) is 5.57 Å². The summed E-state index contributed by atoms with van der Waals surface area (Å²) < 4.78 is 20.1. The zero-order valence-electron chi connectivity index (χ0n) is 13.2. The standard InChI is InChI=1S/C19H19FN2O/c1-22-10-7-13(8-11-22)17-15-5-2-6-16(20)19(15)23-12-14-4-3-9-21-18(14)17/h2-6,9H,7-8,10-12H2,1H3. The van der Waals surface area contributed by atoms with Crippen LogP contribution in [-0.4, -0.2) is 30.0 Å². The molecule has 0 N–H and O–H groups in total. The quantitative estimate of drug-likeness (QED) is 0.743. The van der Waals surface area contributed by atoms with Gasteiger partial charge in [-0.2, -0.15) is 0 Å². The number of likely N-dealkylation sites (tertiary alicyclic amines) is 1. The van der Waals surface area contributed by atoms with Crippen LogP contribution in [0.1, 0.15) is 29.7 Å². The van der Waals surface area contributed by atoms with Crippen molar-refractivity contribution in [2.24, 2.45) is 0 Å². The van der Waals surface area contributed by atoms with Crippen LogP contribution in [-0.2, 0) is 6.61 Å². The van der Waals surface area contributed by atoms with Gasteiger partial charge in [-0.1, -0.05) is 23.8 Å². The van der Waals surface area contributed by atoms with Crippen molar-refractivity contribution >= 4 is 5.57 Å². The highest BCUT2D eigenvalue weighted by Crippen LogP contribution is 2.40. The highest BCUT2D eigenvalue weighted by atomic mass is 19.1. The van der Waals surface area contributed by atoms with Gasteiger partial charge in [-0.05, 0) is 32.0 Å². The Bertz CT molecular complexity index is 775. The van der Waals surface area contributed by atoms with Crippen molar-refractivity contribution in [1.29, 1.82) is 0 Å². The van der Waals surface area contributed by atoms with E-state index in [-0.39, 0.29) is 5.82 Å². The Hall–Kier alpha value is -2.20. The number of rotatable bonds is 0. The van der Waals surface area contributed by atoms with Gasteiger partial charge in [-0.3, -0.25) is 4.98 Å². The molecule has 2 aliphatic heterocycles. The summed E-state index contributed by atoms with van der Waals surface area (Å²) in [6.07, 6.45) is 3.77. The van der Waals surface area contributed by atoms with Gasteiger partial charge in [0.25, 0.3) is 0 Å². The molecule has 0 atom stereocenters. The predicted octanol–water partition coefficient (Wildman–Crippen LogP) is 3.64. The second-order valence-corrected chi connectivity index (χ2v) is 6.20. The van der Waals surface area contributed by atoms with Crippen molar-refractivity contribution in [3.63, 3.8) is 0 Å². The van der Waals surface area contributed by atoms with Gasteiger partial charge in [0, 0.05) is 36.0 Å². The van der Waals surface area contributed by atoms with E-state index >= 15 is 0 Å². The maximum atomic E-state index is 14.3. The van der Waals surface area contributed by atoms with Crippen molar-refractivity contribution < 1.29 is 9.13 Å². The minimum Gasteiger partial charge on any atom is -0.485 e. The van der Waals surface area contributed by atoms with Crippen LogP contribution in [0.3, 0.4) is 0 Å². The summed E-state index contributed by atoms with van der Waals surface area (Å²) in [6, 6.07) is 9.08. The fraction of sp³-hybridized carbons (Fsp3) is 0.316. The van der Waals surface area contributed by atoms with Crippen LogP contribution in [0.4, 0.5) is 4.39 Å². The number of hydrogen-bond acceptors (Lipinski definition) is 3. The second-order valence-electron chi connectivity index (χ2n) is 6.20. The summed E-state index contributed by atoms with van der Waals surface area (Å²) in [6.45, 7) is 2.40.